The van der Waals surface area contributed by atoms with Crippen molar-refractivity contribution < 1.29 is 37.0 Å². The highest BCUT2D eigenvalue weighted by atomic mass is 32.2. The third kappa shape index (κ3) is 6.43. The molecule has 2 aromatic rings. The summed E-state index contributed by atoms with van der Waals surface area (Å²) < 4.78 is 40.7. The molecule has 0 saturated heterocycles. The number of hydrogen-bond acceptors (Lipinski definition) is 9. The van der Waals surface area contributed by atoms with Gasteiger partial charge in [0.1, 0.15) is 10.8 Å². The molecule has 162 valence electrons. The quantitative estimate of drug-likeness (QED) is 0.353. The van der Waals surface area contributed by atoms with Crippen LogP contribution in [0.5, 0.6) is 11.5 Å². The number of hydrogen-bond donors (Lipinski definition) is 3. The number of ether oxygens (including phenoxy) is 3. The molecule has 30 heavy (non-hydrogen) atoms. The van der Waals surface area contributed by atoms with Gasteiger partial charge >= 0.3 is 5.97 Å². The summed E-state index contributed by atoms with van der Waals surface area (Å²) >= 11 is 0.990. The van der Waals surface area contributed by atoms with E-state index in [2.05, 4.69) is 20.3 Å². The maximum Gasteiger partial charge on any atom is 0.321 e. The normalized spacial score (nSPS) is 10.7. The number of benzene rings is 1. The maximum atomic E-state index is 12.1. The molecule has 1 aromatic carbocycles. The Morgan fingerprint density at radius 3 is 2.40 bits per heavy atom. The largest absolute Gasteiger partial charge is 0.493 e. The summed E-state index contributed by atoms with van der Waals surface area (Å²) in [7, 11) is -0.959. The average molecular weight is 457 g/mol. The Bertz CT molecular complexity index is 1010. The van der Waals surface area contributed by atoms with E-state index in [1.54, 1.807) is 11.4 Å². The smallest absolute Gasteiger partial charge is 0.321 e. The Kier molecular flexibility index (Phi) is 8.15. The number of rotatable bonds is 9. The van der Waals surface area contributed by atoms with Crippen molar-refractivity contribution in [2.75, 3.05) is 27.4 Å². The van der Waals surface area contributed by atoms with E-state index in [0.717, 1.165) is 11.3 Å². The number of carbonyl (C=O) groups is 3. The molecule has 0 radical (unpaired) electrons. The van der Waals surface area contributed by atoms with Crippen LogP contribution in [0, 0.1) is 0 Å². The van der Waals surface area contributed by atoms with Crippen LogP contribution in [0.1, 0.15) is 10.4 Å². The first-order valence-electron chi connectivity index (χ1n) is 8.27. The van der Waals surface area contributed by atoms with Crippen molar-refractivity contribution in [2.45, 2.75) is 4.21 Å². The van der Waals surface area contributed by atoms with Gasteiger partial charge in [-0.2, -0.15) is 4.72 Å². The standard InChI is InChI=1S/C17H19N3O8S2/c1-26-12-6-5-11(8-13(12)27-2)17(23)20-19-14(21)10-28-15(22)9-18-30(24,25)16-4-3-7-29-16/h3-8,18H,9-10H2,1-2H3,(H,19,21)(H,20,23). The molecule has 1 heterocycles. The summed E-state index contributed by atoms with van der Waals surface area (Å²) in [4.78, 5) is 35.4. The fraction of sp³-hybridized carbons (Fsp3) is 0.235. The molecule has 1 aromatic heterocycles. The van der Waals surface area contributed by atoms with Crippen molar-refractivity contribution in [3.05, 3.63) is 41.3 Å². The minimum absolute atomic E-state index is 0.0471. The van der Waals surface area contributed by atoms with Crippen LogP contribution in [0.3, 0.4) is 0 Å². The van der Waals surface area contributed by atoms with E-state index >= 15 is 0 Å². The Morgan fingerprint density at radius 2 is 1.77 bits per heavy atom. The van der Waals surface area contributed by atoms with E-state index < -0.39 is 41.0 Å². The van der Waals surface area contributed by atoms with Crippen molar-refractivity contribution in [1.82, 2.24) is 15.6 Å². The van der Waals surface area contributed by atoms with Crippen LogP contribution in [0.25, 0.3) is 0 Å². The molecule has 0 atom stereocenters. The van der Waals surface area contributed by atoms with Crippen LogP contribution < -0.4 is 25.0 Å². The summed E-state index contributed by atoms with van der Waals surface area (Å²) in [5, 5.41) is 1.58. The number of hydrazine groups is 1. The fourth-order valence-electron chi connectivity index (χ4n) is 2.05. The minimum atomic E-state index is -3.82. The van der Waals surface area contributed by atoms with Crippen LogP contribution in [0.15, 0.2) is 39.9 Å². The van der Waals surface area contributed by atoms with Gasteiger partial charge in [-0.3, -0.25) is 25.2 Å². The predicted octanol–water partition coefficient (Wildman–Crippen LogP) is 0.0480. The average Bonchev–Trinajstić information content (AvgIpc) is 3.30. The number of carbonyl (C=O) groups excluding carboxylic acids is 3. The topological polar surface area (TPSA) is 149 Å². The van der Waals surface area contributed by atoms with E-state index in [1.807, 2.05) is 0 Å². The van der Waals surface area contributed by atoms with Crippen LogP contribution in [0.4, 0.5) is 0 Å². The Morgan fingerprint density at radius 1 is 1.03 bits per heavy atom. The lowest BCUT2D eigenvalue weighted by Crippen LogP contribution is -2.44. The third-order valence-electron chi connectivity index (χ3n) is 3.49. The lowest BCUT2D eigenvalue weighted by Gasteiger charge is -2.11. The second-order valence-electron chi connectivity index (χ2n) is 5.49. The van der Waals surface area contributed by atoms with Gasteiger partial charge in [0.25, 0.3) is 21.8 Å². The molecule has 0 unspecified atom stereocenters. The number of nitrogens with one attached hydrogen (secondary N) is 3. The number of thiophene rings is 1. The number of amides is 2. The van der Waals surface area contributed by atoms with Crippen LogP contribution in [0.2, 0.25) is 0 Å². The molecule has 2 rings (SSSR count). The lowest BCUT2D eigenvalue weighted by molar-refractivity contribution is -0.147. The van der Waals surface area contributed by atoms with Crippen LogP contribution in [-0.2, 0) is 24.3 Å². The van der Waals surface area contributed by atoms with Gasteiger partial charge in [0.15, 0.2) is 18.1 Å². The highest BCUT2D eigenvalue weighted by Crippen LogP contribution is 2.27. The number of methoxy groups -OCH3 is 2. The molecule has 2 amide bonds. The number of esters is 1. The van der Waals surface area contributed by atoms with E-state index in [4.69, 9.17) is 9.47 Å². The van der Waals surface area contributed by atoms with Crippen LogP contribution in [-0.4, -0.2) is 53.6 Å². The summed E-state index contributed by atoms with van der Waals surface area (Å²) in [5.74, 6) is -1.66. The molecule has 3 N–H and O–H groups in total. The predicted molar refractivity (Wildman–Crippen MR) is 106 cm³/mol. The second kappa shape index (κ2) is 10.6. The first-order chi connectivity index (χ1) is 14.3. The first kappa shape index (κ1) is 23.1. The molecule has 0 fully saturated rings. The van der Waals surface area contributed by atoms with Gasteiger partial charge in [0.05, 0.1) is 14.2 Å². The lowest BCUT2D eigenvalue weighted by atomic mass is 10.2. The molecule has 0 aliphatic rings. The van der Waals surface area contributed by atoms with Crippen molar-refractivity contribution in [1.29, 1.82) is 0 Å². The maximum absolute atomic E-state index is 12.1. The van der Waals surface area contributed by atoms with Gasteiger partial charge in [-0.25, -0.2) is 8.42 Å². The molecule has 0 aliphatic carbocycles. The van der Waals surface area contributed by atoms with Gasteiger partial charge < -0.3 is 14.2 Å². The van der Waals surface area contributed by atoms with Gasteiger partial charge in [0.2, 0.25) is 0 Å². The van der Waals surface area contributed by atoms with Crippen molar-refractivity contribution in [3.63, 3.8) is 0 Å². The number of sulfonamides is 1. The molecule has 0 bridgehead atoms. The Hall–Kier alpha value is -3.16. The first-order valence-corrected chi connectivity index (χ1v) is 10.6. The van der Waals surface area contributed by atoms with E-state index in [0.29, 0.717) is 11.5 Å². The highest BCUT2D eigenvalue weighted by Gasteiger charge is 2.18. The highest BCUT2D eigenvalue weighted by molar-refractivity contribution is 7.91. The minimum Gasteiger partial charge on any atom is -0.493 e. The monoisotopic (exact) mass is 457 g/mol. The molecule has 13 heteroatoms. The van der Waals surface area contributed by atoms with Gasteiger partial charge in [-0.15, -0.1) is 11.3 Å². The Balaban J connectivity index is 1.75. The van der Waals surface area contributed by atoms with E-state index in [-0.39, 0.29) is 9.77 Å². The van der Waals surface area contributed by atoms with E-state index in [9.17, 15) is 22.8 Å². The van der Waals surface area contributed by atoms with Gasteiger partial charge in [-0.1, -0.05) is 6.07 Å². The zero-order valence-corrected chi connectivity index (χ0v) is 17.6. The zero-order chi connectivity index (χ0) is 22.1. The molecule has 0 saturated carbocycles. The molecule has 0 spiro atoms. The van der Waals surface area contributed by atoms with Crippen molar-refractivity contribution in [2.24, 2.45) is 0 Å². The SMILES string of the molecule is COc1ccc(C(=O)NNC(=O)COC(=O)CNS(=O)(=O)c2cccs2)cc1OC. The molecular formula is C17H19N3O8S2. The molecular weight excluding hydrogens is 438 g/mol. The van der Waals surface area contributed by atoms with E-state index in [1.165, 1.54) is 38.5 Å². The third-order valence-corrected chi connectivity index (χ3v) is 6.29. The second-order valence-corrected chi connectivity index (χ2v) is 8.43. The molecule has 11 nitrogen and oxygen atoms in total. The van der Waals surface area contributed by atoms with Crippen molar-refractivity contribution in [3.8, 4) is 11.5 Å². The fourth-order valence-corrected chi connectivity index (χ4v) is 4.06. The Labute approximate surface area is 176 Å². The molecule has 0 aliphatic heterocycles. The summed E-state index contributed by atoms with van der Waals surface area (Å²) in [5.41, 5.74) is 4.41. The van der Waals surface area contributed by atoms with Crippen LogP contribution >= 0.6 is 11.3 Å². The van der Waals surface area contributed by atoms with Gasteiger partial charge in [-0.05, 0) is 29.6 Å². The summed E-state index contributed by atoms with van der Waals surface area (Å²) in [6.07, 6.45) is 0. The summed E-state index contributed by atoms with van der Waals surface area (Å²) in [6, 6.07) is 7.34. The zero-order valence-electron chi connectivity index (χ0n) is 16.0. The summed E-state index contributed by atoms with van der Waals surface area (Å²) in [6.45, 7) is -1.36. The van der Waals surface area contributed by atoms with Gasteiger partial charge in [0, 0.05) is 5.56 Å². The van der Waals surface area contributed by atoms with Crippen molar-refractivity contribution >= 4 is 39.1 Å².